The number of amides is 2. The molecular weight excluding hydrogens is 334 g/mol. The van der Waals surface area contributed by atoms with Crippen LogP contribution in [0.25, 0.3) is 0 Å². The highest BCUT2D eigenvalue weighted by atomic mass is 32.2. The van der Waals surface area contributed by atoms with Crippen molar-refractivity contribution in [2.75, 3.05) is 49.8 Å². The van der Waals surface area contributed by atoms with Crippen LogP contribution in [0.5, 0.6) is 5.75 Å². The van der Waals surface area contributed by atoms with Crippen molar-refractivity contribution in [3.05, 3.63) is 48.5 Å². The van der Waals surface area contributed by atoms with E-state index in [1.54, 1.807) is 18.9 Å². The number of urea groups is 1. The fourth-order valence-electron chi connectivity index (χ4n) is 2.88. The minimum atomic E-state index is -0.0384. The van der Waals surface area contributed by atoms with Gasteiger partial charge in [-0.1, -0.05) is 12.1 Å². The zero-order chi connectivity index (χ0) is 17.6. The zero-order valence-electron chi connectivity index (χ0n) is 14.6. The molecule has 6 heteroatoms. The average Bonchev–Trinajstić information content (AvgIpc) is 2.68. The third kappa shape index (κ3) is 4.39. The highest BCUT2D eigenvalue weighted by Gasteiger charge is 2.21. The SMILES string of the molecule is COc1cccc(N2CCN(C(=O)Nc3cccc(SC)c3)CC2)c1. The van der Waals surface area contributed by atoms with Crippen molar-refractivity contribution in [3.8, 4) is 5.75 Å². The molecule has 132 valence electrons. The first-order valence-electron chi connectivity index (χ1n) is 8.28. The van der Waals surface area contributed by atoms with Crippen LogP contribution < -0.4 is 15.0 Å². The summed E-state index contributed by atoms with van der Waals surface area (Å²) in [5, 5.41) is 2.99. The number of benzene rings is 2. The Morgan fingerprint density at radius 3 is 2.56 bits per heavy atom. The molecule has 0 aromatic heterocycles. The molecule has 0 bridgehead atoms. The summed E-state index contributed by atoms with van der Waals surface area (Å²) in [7, 11) is 1.67. The molecule has 25 heavy (non-hydrogen) atoms. The number of nitrogens with one attached hydrogen (secondary N) is 1. The van der Waals surface area contributed by atoms with Gasteiger partial charge in [-0.15, -0.1) is 11.8 Å². The van der Waals surface area contributed by atoms with Crippen molar-refractivity contribution in [1.82, 2.24) is 4.90 Å². The Morgan fingerprint density at radius 1 is 1.08 bits per heavy atom. The zero-order valence-corrected chi connectivity index (χ0v) is 15.4. The maximum absolute atomic E-state index is 12.5. The van der Waals surface area contributed by atoms with Crippen LogP contribution in [0.3, 0.4) is 0 Å². The number of thioether (sulfide) groups is 1. The molecule has 0 unspecified atom stereocenters. The van der Waals surface area contributed by atoms with Crippen LogP contribution in [0.2, 0.25) is 0 Å². The third-order valence-electron chi connectivity index (χ3n) is 4.31. The molecule has 0 spiro atoms. The Balaban J connectivity index is 1.57. The van der Waals surface area contributed by atoms with Crippen LogP contribution >= 0.6 is 11.8 Å². The van der Waals surface area contributed by atoms with E-state index in [9.17, 15) is 4.79 Å². The standard InChI is InChI=1S/C19H23N3O2S/c1-24-17-7-4-6-16(14-17)21-9-11-22(12-10-21)19(23)20-15-5-3-8-18(13-15)25-2/h3-8,13-14H,9-12H2,1-2H3,(H,20,23). The van der Waals surface area contributed by atoms with E-state index in [4.69, 9.17) is 4.74 Å². The van der Waals surface area contributed by atoms with E-state index in [2.05, 4.69) is 16.3 Å². The van der Waals surface area contributed by atoms with E-state index in [0.717, 1.165) is 35.1 Å². The maximum Gasteiger partial charge on any atom is 0.321 e. The normalized spacial score (nSPS) is 14.3. The molecule has 0 atom stereocenters. The van der Waals surface area contributed by atoms with Crippen LogP contribution in [0.15, 0.2) is 53.4 Å². The summed E-state index contributed by atoms with van der Waals surface area (Å²) in [4.78, 5) is 17.8. The van der Waals surface area contributed by atoms with Gasteiger partial charge in [0.25, 0.3) is 0 Å². The summed E-state index contributed by atoms with van der Waals surface area (Å²) >= 11 is 1.66. The van der Waals surface area contributed by atoms with E-state index in [-0.39, 0.29) is 6.03 Å². The van der Waals surface area contributed by atoms with Crippen molar-refractivity contribution in [2.45, 2.75) is 4.90 Å². The second kappa shape index (κ2) is 8.16. The minimum absolute atomic E-state index is 0.0384. The molecule has 2 amide bonds. The van der Waals surface area contributed by atoms with Crippen molar-refractivity contribution in [2.24, 2.45) is 0 Å². The molecule has 1 aliphatic rings. The predicted molar refractivity (Wildman–Crippen MR) is 104 cm³/mol. The molecule has 0 aliphatic carbocycles. The lowest BCUT2D eigenvalue weighted by molar-refractivity contribution is 0.208. The second-order valence-electron chi connectivity index (χ2n) is 5.84. The average molecular weight is 357 g/mol. The van der Waals surface area contributed by atoms with Gasteiger partial charge in [-0.3, -0.25) is 0 Å². The van der Waals surface area contributed by atoms with Crippen LogP contribution in [0.1, 0.15) is 0 Å². The summed E-state index contributed by atoms with van der Waals surface area (Å²) in [6, 6.07) is 15.9. The first kappa shape index (κ1) is 17.5. The summed E-state index contributed by atoms with van der Waals surface area (Å²) < 4.78 is 5.29. The molecular formula is C19H23N3O2S. The van der Waals surface area contributed by atoms with Crippen molar-refractivity contribution >= 4 is 29.2 Å². The monoisotopic (exact) mass is 357 g/mol. The second-order valence-corrected chi connectivity index (χ2v) is 6.72. The smallest absolute Gasteiger partial charge is 0.321 e. The molecule has 1 heterocycles. The van der Waals surface area contributed by atoms with Gasteiger partial charge in [-0.2, -0.15) is 0 Å². The summed E-state index contributed by atoms with van der Waals surface area (Å²) in [5.41, 5.74) is 1.97. The summed E-state index contributed by atoms with van der Waals surface area (Å²) in [6.07, 6.45) is 2.03. The van der Waals surface area contributed by atoms with Gasteiger partial charge in [0.1, 0.15) is 5.75 Å². The van der Waals surface area contributed by atoms with Gasteiger partial charge in [0.05, 0.1) is 7.11 Å². The molecule has 2 aromatic carbocycles. The quantitative estimate of drug-likeness (QED) is 0.846. The molecule has 3 rings (SSSR count). The molecule has 5 nitrogen and oxygen atoms in total. The number of hydrogen-bond donors (Lipinski definition) is 1. The first-order chi connectivity index (χ1) is 12.2. The molecule has 1 saturated heterocycles. The van der Waals surface area contributed by atoms with E-state index in [0.29, 0.717) is 13.1 Å². The maximum atomic E-state index is 12.5. The number of carbonyl (C=O) groups is 1. The summed E-state index contributed by atoms with van der Waals surface area (Å²) in [5.74, 6) is 0.853. The Kier molecular flexibility index (Phi) is 5.71. The Hall–Kier alpha value is -2.34. The number of ether oxygens (including phenoxy) is 1. The van der Waals surface area contributed by atoms with Gasteiger partial charge in [0.2, 0.25) is 0 Å². The van der Waals surface area contributed by atoms with Gasteiger partial charge in [-0.05, 0) is 36.6 Å². The van der Waals surface area contributed by atoms with Crippen LogP contribution in [0, 0.1) is 0 Å². The lowest BCUT2D eigenvalue weighted by atomic mass is 10.2. The number of rotatable bonds is 4. The van der Waals surface area contributed by atoms with E-state index in [1.165, 1.54) is 0 Å². The van der Waals surface area contributed by atoms with Crippen LogP contribution in [0.4, 0.5) is 16.2 Å². The highest BCUT2D eigenvalue weighted by molar-refractivity contribution is 7.98. The number of methoxy groups -OCH3 is 1. The van der Waals surface area contributed by atoms with Crippen LogP contribution in [-0.4, -0.2) is 50.5 Å². The Morgan fingerprint density at radius 2 is 1.84 bits per heavy atom. The van der Waals surface area contributed by atoms with E-state index < -0.39 is 0 Å². The fourth-order valence-corrected chi connectivity index (χ4v) is 3.34. The van der Waals surface area contributed by atoms with E-state index >= 15 is 0 Å². The van der Waals surface area contributed by atoms with Gasteiger partial charge in [-0.25, -0.2) is 4.79 Å². The topological polar surface area (TPSA) is 44.8 Å². The van der Waals surface area contributed by atoms with Crippen LogP contribution in [-0.2, 0) is 0 Å². The van der Waals surface area contributed by atoms with Gasteiger partial charge < -0.3 is 19.9 Å². The molecule has 1 fully saturated rings. The largest absolute Gasteiger partial charge is 0.497 e. The minimum Gasteiger partial charge on any atom is -0.497 e. The van der Waals surface area contributed by atoms with Crippen molar-refractivity contribution in [3.63, 3.8) is 0 Å². The Bertz CT molecular complexity index is 730. The number of piperazine rings is 1. The number of anilines is 2. The molecule has 1 aliphatic heterocycles. The lowest BCUT2D eigenvalue weighted by Crippen LogP contribution is -2.50. The molecule has 0 saturated carbocycles. The predicted octanol–water partition coefficient (Wildman–Crippen LogP) is 3.77. The van der Waals surface area contributed by atoms with Crippen molar-refractivity contribution < 1.29 is 9.53 Å². The Labute approximate surface area is 153 Å². The fraction of sp³-hybridized carbons (Fsp3) is 0.316. The third-order valence-corrected chi connectivity index (χ3v) is 5.03. The van der Waals surface area contributed by atoms with Crippen molar-refractivity contribution in [1.29, 1.82) is 0 Å². The molecule has 0 radical (unpaired) electrons. The lowest BCUT2D eigenvalue weighted by Gasteiger charge is -2.36. The van der Waals surface area contributed by atoms with Gasteiger partial charge >= 0.3 is 6.03 Å². The van der Waals surface area contributed by atoms with Gasteiger partial charge in [0, 0.05) is 48.5 Å². The van der Waals surface area contributed by atoms with Gasteiger partial charge in [0.15, 0.2) is 0 Å². The number of carbonyl (C=O) groups excluding carboxylic acids is 1. The number of nitrogens with zero attached hydrogens (tertiary/aromatic N) is 2. The number of hydrogen-bond acceptors (Lipinski definition) is 4. The summed E-state index contributed by atoms with van der Waals surface area (Å²) in [6.45, 7) is 3.02. The van der Waals surface area contributed by atoms with E-state index in [1.807, 2.05) is 53.6 Å². The first-order valence-corrected chi connectivity index (χ1v) is 9.51. The molecule has 1 N–H and O–H groups in total. The molecule has 2 aromatic rings. The highest BCUT2D eigenvalue weighted by Crippen LogP contribution is 2.23.